The Kier molecular flexibility index (Phi) is 4.66. The van der Waals surface area contributed by atoms with Crippen LogP contribution >= 0.6 is 0 Å². The van der Waals surface area contributed by atoms with Gasteiger partial charge in [-0.2, -0.15) is 0 Å². The lowest BCUT2D eigenvalue weighted by molar-refractivity contribution is 0.0845. The van der Waals surface area contributed by atoms with Gasteiger partial charge in [0.2, 0.25) is 5.71 Å². The highest BCUT2D eigenvalue weighted by Gasteiger charge is 2.38. The Morgan fingerprint density at radius 2 is 1.97 bits per heavy atom. The van der Waals surface area contributed by atoms with Crippen LogP contribution in [0.2, 0.25) is 0 Å². The number of rotatable bonds is 5. The highest BCUT2D eigenvalue weighted by molar-refractivity contribution is 6.15. The van der Waals surface area contributed by atoms with Crippen LogP contribution in [-0.2, 0) is 4.74 Å². The molecule has 30 heavy (non-hydrogen) atoms. The molecule has 8 nitrogen and oxygen atoms in total. The number of ether oxygens (including phenoxy) is 1. The van der Waals surface area contributed by atoms with Gasteiger partial charge in [-0.05, 0) is 51.7 Å². The molecule has 0 spiro atoms. The molecular formula is C22H25N5O3. The Labute approximate surface area is 174 Å². The third-order valence-electron chi connectivity index (χ3n) is 6.00. The summed E-state index contributed by atoms with van der Waals surface area (Å²) in [4.78, 5) is 26.3. The molecule has 1 aliphatic heterocycles. The molecule has 0 unspecified atom stereocenters. The van der Waals surface area contributed by atoms with Crippen LogP contribution in [0.4, 0.5) is 11.5 Å². The molecule has 0 bridgehead atoms. The number of carbonyl (C=O) groups excluding carboxylic acids is 1. The van der Waals surface area contributed by atoms with Gasteiger partial charge in [0.25, 0.3) is 5.91 Å². The van der Waals surface area contributed by atoms with Crippen LogP contribution in [0, 0.1) is 6.92 Å². The molecular weight excluding hydrogens is 382 g/mol. The van der Waals surface area contributed by atoms with Gasteiger partial charge in [0.15, 0.2) is 0 Å². The number of pyridine rings is 1. The van der Waals surface area contributed by atoms with Crippen LogP contribution in [0.15, 0.2) is 29.1 Å². The monoisotopic (exact) mass is 407 g/mol. The van der Waals surface area contributed by atoms with E-state index >= 15 is 0 Å². The third-order valence-corrected chi connectivity index (χ3v) is 6.00. The summed E-state index contributed by atoms with van der Waals surface area (Å²) in [6.07, 6.45) is 7.27. The number of nitrogens with one attached hydrogen (secondary N) is 2. The standard InChI is InChI=1S/C22H25N5O3/c1-13-17(18-19(27-22(2)7-8-22)24-12-25-21(18)30-13)20(28)26-15-3-4-16(23-11-15)14-5-9-29-10-6-14/h3-4,11-12,14H,5-10H2,1-2H3,(H,26,28)(H,24,25,27). The second-order valence-corrected chi connectivity index (χ2v) is 8.43. The zero-order valence-corrected chi connectivity index (χ0v) is 17.2. The van der Waals surface area contributed by atoms with Crippen molar-refractivity contribution in [1.29, 1.82) is 0 Å². The number of aryl methyl sites for hydroxylation is 1. The number of carbonyl (C=O) groups is 1. The molecule has 5 rings (SSSR count). The number of hydrogen-bond acceptors (Lipinski definition) is 7. The van der Waals surface area contributed by atoms with Gasteiger partial charge in [0.05, 0.1) is 22.8 Å². The first-order valence-corrected chi connectivity index (χ1v) is 10.4. The van der Waals surface area contributed by atoms with E-state index in [0.717, 1.165) is 44.6 Å². The quantitative estimate of drug-likeness (QED) is 0.658. The molecule has 3 aromatic rings. The average Bonchev–Trinajstić information content (AvgIpc) is 3.37. The minimum atomic E-state index is -0.259. The van der Waals surface area contributed by atoms with E-state index in [-0.39, 0.29) is 11.4 Å². The van der Waals surface area contributed by atoms with Gasteiger partial charge in [0, 0.05) is 30.4 Å². The van der Waals surface area contributed by atoms with E-state index in [1.54, 1.807) is 13.1 Å². The van der Waals surface area contributed by atoms with Crippen LogP contribution in [-0.4, -0.2) is 39.6 Å². The van der Waals surface area contributed by atoms with Gasteiger partial charge >= 0.3 is 0 Å². The van der Waals surface area contributed by atoms with E-state index in [0.29, 0.717) is 39.8 Å². The van der Waals surface area contributed by atoms with Crippen LogP contribution in [0.5, 0.6) is 0 Å². The van der Waals surface area contributed by atoms with E-state index in [9.17, 15) is 4.79 Å². The molecule has 2 fully saturated rings. The first kappa shape index (κ1) is 19.0. The summed E-state index contributed by atoms with van der Waals surface area (Å²) < 4.78 is 11.2. The number of nitrogens with zero attached hydrogens (tertiary/aromatic N) is 3. The van der Waals surface area contributed by atoms with Crippen molar-refractivity contribution in [3.63, 3.8) is 0 Å². The summed E-state index contributed by atoms with van der Waals surface area (Å²) in [5.41, 5.74) is 2.56. The lowest BCUT2D eigenvalue weighted by Crippen LogP contribution is -2.19. The molecule has 1 amide bonds. The minimum absolute atomic E-state index is 0.0180. The summed E-state index contributed by atoms with van der Waals surface area (Å²) in [7, 11) is 0. The van der Waals surface area contributed by atoms with Crippen molar-refractivity contribution < 1.29 is 13.9 Å². The lowest BCUT2D eigenvalue weighted by atomic mass is 9.96. The van der Waals surface area contributed by atoms with Crippen molar-refractivity contribution >= 4 is 28.5 Å². The molecule has 3 aromatic heterocycles. The van der Waals surface area contributed by atoms with E-state index in [1.807, 2.05) is 12.1 Å². The minimum Gasteiger partial charge on any atom is -0.442 e. The fourth-order valence-corrected chi connectivity index (χ4v) is 3.92. The average molecular weight is 407 g/mol. The van der Waals surface area contributed by atoms with Crippen LogP contribution in [0.25, 0.3) is 11.1 Å². The van der Waals surface area contributed by atoms with Gasteiger partial charge in [-0.25, -0.2) is 9.97 Å². The van der Waals surface area contributed by atoms with E-state index in [2.05, 4.69) is 32.5 Å². The second-order valence-electron chi connectivity index (χ2n) is 8.43. The Hall–Kier alpha value is -3.00. The number of amides is 1. The van der Waals surface area contributed by atoms with Crippen molar-refractivity contribution in [3.8, 4) is 0 Å². The first-order valence-electron chi connectivity index (χ1n) is 10.4. The summed E-state index contributed by atoms with van der Waals surface area (Å²) in [6.45, 7) is 5.45. The first-order chi connectivity index (χ1) is 14.5. The van der Waals surface area contributed by atoms with Crippen LogP contribution in [0.1, 0.15) is 60.3 Å². The van der Waals surface area contributed by atoms with Crippen molar-refractivity contribution in [1.82, 2.24) is 15.0 Å². The predicted octanol–water partition coefficient (Wildman–Crippen LogP) is 4.04. The molecule has 0 radical (unpaired) electrons. The smallest absolute Gasteiger partial charge is 0.260 e. The summed E-state index contributed by atoms with van der Waals surface area (Å²) >= 11 is 0. The lowest BCUT2D eigenvalue weighted by Gasteiger charge is -2.21. The maximum Gasteiger partial charge on any atom is 0.260 e. The normalized spacial score (nSPS) is 18.3. The zero-order valence-electron chi connectivity index (χ0n) is 17.2. The summed E-state index contributed by atoms with van der Waals surface area (Å²) in [5, 5.41) is 7.00. The van der Waals surface area contributed by atoms with Gasteiger partial charge < -0.3 is 19.8 Å². The molecule has 1 saturated carbocycles. The van der Waals surface area contributed by atoms with Gasteiger partial charge in [-0.3, -0.25) is 9.78 Å². The number of aromatic nitrogens is 3. The summed E-state index contributed by atoms with van der Waals surface area (Å²) in [6, 6.07) is 3.88. The summed E-state index contributed by atoms with van der Waals surface area (Å²) in [5.74, 6) is 1.30. The van der Waals surface area contributed by atoms with Gasteiger partial charge in [0.1, 0.15) is 17.9 Å². The second kappa shape index (κ2) is 7.36. The topological polar surface area (TPSA) is 102 Å². The fraction of sp³-hybridized carbons (Fsp3) is 0.455. The van der Waals surface area contributed by atoms with Crippen molar-refractivity contribution in [3.05, 3.63) is 41.7 Å². The van der Waals surface area contributed by atoms with E-state index < -0.39 is 0 Å². The van der Waals surface area contributed by atoms with Gasteiger partial charge in [-0.1, -0.05) is 0 Å². The van der Waals surface area contributed by atoms with Gasteiger partial charge in [-0.15, -0.1) is 0 Å². The van der Waals surface area contributed by atoms with E-state index in [4.69, 9.17) is 9.15 Å². The Bertz CT molecular complexity index is 1080. The number of furan rings is 1. The molecule has 1 saturated heterocycles. The van der Waals surface area contributed by atoms with Crippen LogP contribution in [0.3, 0.4) is 0 Å². The number of anilines is 2. The SMILES string of the molecule is Cc1oc2ncnc(NC3(C)CC3)c2c1C(=O)Nc1ccc(C2CCOCC2)nc1. The Morgan fingerprint density at radius 3 is 2.67 bits per heavy atom. The van der Waals surface area contributed by atoms with Crippen molar-refractivity contribution in [2.75, 3.05) is 23.8 Å². The Morgan fingerprint density at radius 1 is 1.17 bits per heavy atom. The molecule has 4 heterocycles. The van der Waals surface area contributed by atoms with Crippen molar-refractivity contribution in [2.45, 2.75) is 51.0 Å². The van der Waals surface area contributed by atoms with Crippen molar-refractivity contribution in [2.24, 2.45) is 0 Å². The largest absolute Gasteiger partial charge is 0.442 e. The molecule has 8 heteroatoms. The number of fused-ring (bicyclic) bond motifs is 1. The third kappa shape index (κ3) is 3.63. The predicted molar refractivity (Wildman–Crippen MR) is 113 cm³/mol. The Balaban J connectivity index is 1.40. The molecule has 0 aromatic carbocycles. The molecule has 156 valence electrons. The zero-order chi connectivity index (χ0) is 20.7. The highest BCUT2D eigenvalue weighted by atomic mass is 16.5. The van der Waals surface area contributed by atoms with E-state index in [1.165, 1.54) is 6.33 Å². The maximum atomic E-state index is 13.1. The maximum absolute atomic E-state index is 13.1. The molecule has 0 atom stereocenters. The molecule has 2 N–H and O–H groups in total. The highest BCUT2D eigenvalue weighted by Crippen LogP contribution is 2.40. The molecule has 1 aliphatic carbocycles. The number of hydrogen-bond donors (Lipinski definition) is 2. The van der Waals surface area contributed by atoms with Crippen LogP contribution < -0.4 is 10.6 Å². The fourth-order valence-electron chi connectivity index (χ4n) is 3.92. The molecule has 2 aliphatic rings.